The number of benzene rings is 3. The van der Waals surface area contributed by atoms with Gasteiger partial charge in [-0.25, -0.2) is 0 Å². The number of rotatable bonds is 10. The van der Waals surface area contributed by atoms with E-state index in [9.17, 15) is 4.79 Å². The zero-order valence-electron chi connectivity index (χ0n) is 17.6. The number of amides is 1. The van der Waals surface area contributed by atoms with Crippen LogP contribution in [0.15, 0.2) is 84.9 Å². The van der Waals surface area contributed by atoms with Crippen molar-refractivity contribution < 1.29 is 14.3 Å². The Bertz CT molecular complexity index is 943. The molecule has 0 fully saturated rings. The lowest BCUT2D eigenvalue weighted by Gasteiger charge is -2.24. The second-order valence-electron chi connectivity index (χ2n) is 6.89. The molecule has 158 valence electrons. The Kier molecular flexibility index (Phi) is 8.21. The van der Waals surface area contributed by atoms with Crippen LogP contribution >= 0.6 is 0 Å². The molecule has 3 rings (SSSR count). The van der Waals surface area contributed by atoms with Gasteiger partial charge in [-0.15, -0.1) is 0 Å². The van der Waals surface area contributed by atoms with Gasteiger partial charge in [0.15, 0.2) is 0 Å². The maximum atomic E-state index is 13.1. The van der Waals surface area contributed by atoms with E-state index in [0.29, 0.717) is 18.8 Å². The highest BCUT2D eigenvalue weighted by Crippen LogP contribution is 2.26. The highest BCUT2D eigenvalue weighted by Gasteiger charge is 2.20. The standard InChI is InChI=1S/C26H26N2O3/c1-2-30-24-16-14-23(15-17-24)28(19-9-18-27)25(29)20-31-26(21-10-5-3-6-11-21)22-12-7-4-8-13-22/h3-8,10-17,26H,2,9,19-20H2,1H3. The summed E-state index contributed by atoms with van der Waals surface area (Å²) in [5, 5.41) is 9.03. The van der Waals surface area contributed by atoms with Gasteiger partial charge in [-0.05, 0) is 42.3 Å². The van der Waals surface area contributed by atoms with Crippen LogP contribution in [0.2, 0.25) is 0 Å². The molecule has 0 atom stereocenters. The molecule has 0 N–H and O–H groups in total. The van der Waals surface area contributed by atoms with E-state index in [-0.39, 0.29) is 25.0 Å². The Labute approximate surface area is 183 Å². The molecular formula is C26H26N2O3. The van der Waals surface area contributed by atoms with E-state index in [0.717, 1.165) is 16.9 Å². The molecule has 0 unspecified atom stereocenters. The summed E-state index contributed by atoms with van der Waals surface area (Å²) in [5.41, 5.74) is 2.67. The van der Waals surface area contributed by atoms with Crippen molar-refractivity contribution in [3.8, 4) is 11.8 Å². The Balaban J connectivity index is 1.77. The highest BCUT2D eigenvalue weighted by molar-refractivity contribution is 5.94. The van der Waals surface area contributed by atoms with Crippen LogP contribution in [-0.4, -0.2) is 25.7 Å². The van der Waals surface area contributed by atoms with Crippen LogP contribution in [0.4, 0.5) is 5.69 Å². The van der Waals surface area contributed by atoms with Gasteiger partial charge in [0.25, 0.3) is 5.91 Å². The fraction of sp³-hybridized carbons (Fsp3) is 0.231. The number of anilines is 1. The molecule has 1 amide bonds. The third-order valence-corrected chi connectivity index (χ3v) is 4.79. The number of carbonyl (C=O) groups is 1. The molecule has 5 nitrogen and oxygen atoms in total. The topological polar surface area (TPSA) is 62.6 Å². The van der Waals surface area contributed by atoms with Gasteiger partial charge in [0.1, 0.15) is 18.5 Å². The molecule has 0 saturated heterocycles. The average molecular weight is 415 g/mol. The van der Waals surface area contributed by atoms with Gasteiger partial charge in [0.2, 0.25) is 0 Å². The fourth-order valence-corrected chi connectivity index (χ4v) is 3.32. The monoisotopic (exact) mass is 414 g/mol. The minimum Gasteiger partial charge on any atom is -0.494 e. The molecular weight excluding hydrogens is 388 g/mol. The molecule has 0 radical (unpaired) electrons. The van der Waals surface area contributed by atoms with E-state index in [1.165, 1.54) is 0 Å². The fourth-order valence-electron chi connectivity index (χ4n) is 3.32. The van der Waals surface area contributed by atoms with Crippen LogP contribution in [-0.2, 0) is 9.53 Å². The lowest BCUT2D eigenvalue weighted by atomic mass is 10.0. The molecule has 0 heterocycles. The SMILES string of the molecule is CCOc1ccc(N(CCC#N)C(=O)COC(c2ccccc2)c2ccccc2)cc1. The first-order chi connectivity index (χ1) is 15.2. The number of hydrogen-bond acceptors (Lipinski definition) is 4. The number of hydrogen-bond donors (Lipinski definition) is 0. The van der Waals surface area contributed by atoms with Crippen LogP contribution in [0.5, 0.6) is 5.75 Å². The zero-order chi connectivity index (χ0) is 21.9. The summed E-state index contributed by atoms with van der Waals surface area (Å²) in [6.07, 6.45) is -0.121. The minimum atomic E-state index is -0.357. The second kappa shape index (κ2) is 11.5. The second-order valence-corrected chi connectivity index (χ2v) is 6.89. The van der Waals surface area contributed by atoms with Crippen molar-refractivity contribution in [3.05, 3.63) is 96.1 Å². The largest absolute Gasteiger partial charge is 0.494 e. The molecule has 3 aromatic carbocycles. The van der Waals surface area contributed by atoms with Crippen molar-refractivity contribution in [1.29, 1.82) is 5.26 Å². The summed E-state index contributed by atoms with van der Waals surface area (Å²) in [6, 6.07) is 29.1. The maximum absolute atomic E-state index is 13.1. The van der Waals surface area contributed by atoms with E-state index in [4.69, 9.17) is 14.7 Å². The Morgan fingerprint density at radius 2 is 1.52 bits per heavy atom. The first-order valence-corrected chi connectivity index (χ1v) is 10.3. The van der Waals surface area contributed by atoms with Gasteiger partial charge >= 0.3 is 0 Å². The molecule has 0 aliphatic carbocycles. The van der Waals surface area contributed by atoms with Crippen LogP contribution in [0.25, 0.3) is 0 Å². The summed E-state index contributed by atoms with van der Waals surface area (Å²) >= 11 is 0. The Morgan fingerprint density at radius 1 is 0.935 bits per heavy atom. The normalized spacial score (nSPS) is 10.5. The first-order valence-electron chi connectivity index (χ1n) is 10.3. The third kappa shape index (κ3) is 6.18. The van der Waals surface area contributed by atoms with Crippen molar-refractivity contribution in [1.82, 2.24) is 0 Å². The van der Waals surface area contributed by atoms with E-state index in [1.807, 2.05) is 91.9 Å². The van der Waals surface area contributed by atoms with Crippen molar-refractivity contribution in [2.24, 2.45) is 0 Å². The number of nitrogens with zero attached hydrogens (tertiary/aromatic N) is 2. The van der Waals surface area contributed by atoms with Crippen molar-refractivity contribution in [2.45, 2.75) is 19.4 Å². The summed E-state index contributed by atoms with van der Waals surface area (Å²) in [5.74, 6) is 0.541. The molecule has 0 bridgehead atoms. The van der Waals surface area contributed by atoms with E-state index >= 15 is 0 Å². The van der Waals surface area contributed by atoms with Gasteiger partial charge in [-0.3, -0.25) is 4.79 Å². The summed E-state index contributed by atoms with van der Waals surface area (Å²) in [7, 11) is 0. The van der Waals surface area contributed by atoms with Crippen molar-refractivity contribution >= 4 is 11.6 Å². The van der Waals surface area contributed by atoms with Gasteiger partial charge < -0.3 is 14.4 Å². The number of nitriles is 1. The van der Waals surface area contributed by atoms with Crippen LogP contribution in [0.3, 0.4) is 0 Å². The molecule has 3 aromatic rings. The number of carbonyl (C=O) groups excluding carboxylic acids is 1. The van der Waals surface area contributed by atoms with Crippen LogP contribution in [0, 0.1) is 11.3 Å². The van der Waals surface area contributed by atoms with Gasteiger partial charge in [0, 0.05) is 12.2 Å². The van der Waals surface area contributed by atoms with E-state index in [2.05, 4.69) is 6.07 Å². The summed E-state index contributed by atoms with van der Waals surface area (Å²) in [4.78, 5) is 14.7. The number of ether oxygens (including phenoxy) is 2. The predicted octanol–water partition coefficient (Wildman–Crippen LogP) is 5.14. The Hall–Kier alpha value is -3.62. The van der Waals surface area contributed by atoms with E-state index in [1.54, 1.807) is 4.90 Å². The van der Waals surface area contributed by atoms with E-state index < -0.39 is 0 Å². The van der Waals surface area contributed by atoms with Gasteiger partial charge in [-0.2, -0.15) is 5.26 Å². The molecule has 0 aromatic heterocycles. The summed E-state index contributed by atoms with van der Waals surface area (Å²) in [6.45, 7) is 2.69. The molecule has 0 saturated carbocycles. The average Bonchev–Trinajstić information content (AvgIpc) is 2.82. The quantitative estimate of drug-likeness (QED) is 0.461. The molecule has 0 spiro atoms. The summed E-state index contributed by atoms with van der Waals surface area (Å²) < 4.78 is 11.6. The Morgan fingerprint density at radius 3 is 2.03 bits per heavy atom. The maximum Gasteiger partial charge on any atom is 0.253 e. The smallest absolute Gasteiger partial charge is 0.253 e. The first kappa shape index (κ1) is 22.1. The lowest BCUT2D eigenvalue weighted by Crippen LogP contribution is -2.35. The van der Waals surface area contributed by atoms with Gasteiger partial charge in [0.05, 0.1) is 19.1 Å². The van der Waals surface area contributed by atoms with Crippen molar-refractivity contribution in [3.63, 3.8) is 0 Å². The van der Waals surface area contributed by atoms with Crippen LogP contribution in [0.1, 0.15) is 30.6 Å². The molecule has 0 aliphatic heterocycles. The van der Waals surface area contributed by atoms with Crippen LogP contribution < -0.4 is 9.64 Å². The molecule has 0 aliphatic rings. The lowest BCUT2D eigenvalue weighted by molar-refractivity contribution is -0.124. The van der Waals surface area contributed by atoms with Crippen molar-refractivity contribution in [2.75, 3.05) is 24.7 Å². The minimum absolute atomic E-state index is 0.104. The molecule has 31 heavy (non-hydrogen) atoms. The zero-order valence-corrected chi connectivity index (χ0v) is 17.6. The molecule has 5 heteroatoms. The third-order valence-electron chi connectivity index (χ3n) is 4.79. The predicted molar refractivity (Wildman–Crippen MR) is 121 cm³/mol. The highest BCUT2D eigenvalue weighted by atomic mass is 16.5. The van der Waals surface area contributed by atoms with Gasteiger partial charge in [-0.1, -0.05) is 60.7 Å².